The van der Waals surface area contributed by atoms with Gasteiger partial charge in [-0.3, -0.25) is 9.69 Å². The quantitative estimate of drug-likeness (QED) is 0.376. The summed E-state index contributed by atoms with van der Waals surface area (Å²) in [4.78, 5) is 18.5. The van der Waals surface area contributed by atoms with Gasteiger partial charge in [0, 0.05) is 30.8 Å². The van der Waals surface area contributed by atoms with E-state index in [1.54, 1.807) is 0 Å². The van der Waals surface area contributed by atoms with Crippen LogP contribution >= 0.6 is 0 Å². The van der Waals surface area contributed by atoms with Crippen molar-refractivity contribution in [3.05, 3.63) is 87.0 Å². The van der Waals surface area contributed by atoms with E-state index < -0.39 is 0 Å². The Morgan fingerprint density at radius 3 is 2.67 bits per heavy atom. The number of aryl methyl sites for hydroxylation is 2. The van der Waals surface area contributed by atoms with E-state index in [4.69, 9.17) is 4.74 Å². The van der Waals surface area contributed by atoms with Gasteiger partial charge in [-0.25, -0.2) is 4.68 Å². The summed E-state index contributed by atoms with van der Waals surface area (Å²) >= 11 is 0. The third-order valence-electron chi connectivity index (χ3n) is 7.04. The molecule has 1 aliphatic rings. The van der Waals surface area contributed by atoms with Crippen molar-refractivity contribution < 1.29 is 4.74 Å². The third-order valence-corrected chi connectivity index (χ3v) is 7.04. The molecular formula is C28H34N6O2. The second kappa shape index (κ2) is 10.7. The second-order valence-corrected chi connectivity index (χ2v) is 9.88. The van der Waals surface area contributed by atoms with Gasteiger partial charge in [-0.1, -0.05) is 48.4 Å². The van der Waals surface area contributed by atoms with E-state index in [0.29, 0.717) is 19.6 Å². The number of hydrogen-bond acceptors (Lipinski definition) is 6. The molecule has 188 valence electrons. The lowest BCUT2D eigenvalue weighted by atomic mass is 10.1. The average Bonchev–Trinajstić information content (AvgIpc) is 3.55. The van der Waals surface area contributed by atoms with Gasteiger partial charge in [0.1, 0.15) is 0 Å². The summed E-state index contributed by atoms with van der Waals surface area (Å²) in [5.41, 5.74) is 5.10. The van der Waals surface area contributed by atoms with E-state index in [0.717, 1.165) is 53.7 Å². The first kappa shape index (κ1) is 24.3. The summed E-state index contributed by atoms with van der Waals surface area (Å²) in [5.74, 6) is 0.813. The van der Waals surface area contributed by atoms with Gasteiger partial charge in [0.25, 0.3) is 5.56 Å². The number of pyridine rings is 1. The maximum Gasteiger partial charge on any atom is 0.252 e. The molecule has 1 N–H and O–H groups in total. The molecule has 1 fully saturated rings. The van der Waals surface area contributed by atoms with Gasteiger partial charge in [0.15, 0.2) is 5.82 Å². The molecule has 0 aliphatic carbocycles. The minimum absolute atomic E-state index is 0.0599. The van der Waals surface area contributed by atoms with E-state index in [1.807, 2.05) is 22.9 Å². The molecule has 5 rings (SSSR count). The maximum atomic E-state index is 13.1. The average molecular weight is 487 g/mol. The lowest BCUT2D eigenvalue weighted by Gasteiger charge is -2.30. The van der Waals surface area contributed by atoms with Crippen LogP contribution in [0.25, 0.3) is 10.9 Å². The third kappa shape index (κ3) is 5.39. The normalized spacial score (nSPS) is 16.7. The lowest BCUT2D eigenvalue weighted by molar-refractivity contribution is 0.0888. The number of tetrazole rings is 1. The summed E-state index contributed by atoms with van der Waals surface area (Å²) < 4.78 is 7.74. The molecule has 0 spiro atoms. The number of aromatic nitrogens is 5. The van der Waals surface area contributed by atoms with Crippen molar-refractivity contribution in [2.45, 2.75) is 71.8 Å². The van der Waals surface area contributed by atoms with E-state index >= 15 is 0 Å². The number of nitrogens with zero attached hydrogens (tertiary/aromatic N) is 5. The largest absolute Gasteiger partial charge is 0.376 e. The van der Waals surface area contributed by atoms with Crippen LogP contribution in [-0.4, -0.2) is 42.8 Å². The number of ether oxygens (including phenoxy) is 1. The maximum absolute atomic E-state index is 13.1. The number of hydrogen-bond donors (Lipinski definition) is 1. The van der Waals surface area contributed by atoms with Gasteiger partial charge in [0.2, 0.25) is 0 Å². The Morgan fingerprint density at radius 1 is 1.11 bits per heavy atom. The number of aromatic amines is 1. The topological polar surface area (TPSA) is 88.9 Å². The molecule has 1 aliphatic heterocycles. The van der Waals surface area contributed by atoms with Crippen molar-refractivity contribution >= 4 is 10.9 Å². The second-order valence-electron chi connectivity index (χ2n) is 9.88. The zero-order valence-corrected chi connectivity index (χ0v) is 21.3. The van der Waals surface area contributed by atoms with Crippen molar-refractivity contribution in [1.82, 2.24) is 30.1 Å². The molecule has 0 radical (unpaired) electrons. The Hall–Kier alpha value is -3.36. The highest BCUT2D eigenvalue weighted by atomic mass is 16.5. The predicted molar refractivity (Wildman–Crippen MR) is 140 cm³/mol. The summed E-state index contributed by atoms with van der Waals surface area (Å²) in [7, 11) is 0. The molecule has 0 bridgehead atoms. The highest BCUT2D eigenvalue weighted by Gasteiger charge is 2.28. The minimum atomic E-state index is -0.0611. The van der Waals surface area contributed by atoms with Crippen molar-refractivity contribution in [2.24, 2.45) is 0 Å². The number of benzene rings is 2. The summed E-state index contributed by atoms with van der Waals surface area (Å²) in [5, 5.41) is 13.8. The van der Waals surface area contributed by atoms with Crippen molar-refractivity contribution in [2.75, 3.05) is 6.61 Å². The molecule has 0 amide bonds. The van der Waals surface area contributed by atoms with Crippen LogP contribution < -0.4 is 5.56 Å². The highest BCUT2D eigenvalue weighted by molar-refractivity contribution is 5.79. The summed E-state index contributed by atoms with van der Waals surface area (Å²) in [6.07, 6.45) is 3.04. The van der Waals surface area contributed by atoms with Crippen molar-refractivity contribution in [1.29, 1.82) is 0 Å². The molecule has 1 saturated heterocycles. The molecule has 4 aromatic rings. The predicted octanol–water partition coefficient (Wildman–Crippen LogP) is 4.46. The van der Waals surface area contributed by atoms with Crippen LogP contribution in [-0.2, 0) is 24.4 Å². The smallest absolute Gasteiger partial charge is 0.252 e. The lowest BCUT2D eigenvalue weighted by Crippen LogP contribution is -2.33. The van der Waals surface area contributed by atoms with Gasteiger partial charge in [-0.2, -0.15) is 0 Å². The molecule has 0 saturated carbocycles. The van der Waals surface area contributed by atoms with Gasteiger partial charge in [-0.05, 0) is 72.7 Å². The van der Waals surface area contributed by atoms with E-state index in [-0.39, 0.29) is 17.7 Å². The molecule has 2 atom stereocenters. The highest BCUT2D eigenvalue weighted by Crippen LogP contribution is 2.27. The summed E-state index contributed by atoms with van der Waals surface area (Å²) in [6, 6.07) is 16.6. The van der Waals surface area contributed by atoms with Crippen LogP contribution in [0.2, 0.25) is 0 Å². The monoisotopic (exact) mass is 486 g/mol. The molecule has 2 aromatic heterocycles. The Morgan fingerprint density at radius 2 is 1.92 bits per heavy atom. The molecule has 36 heavy (non-hydrogen) atoms. The first-order valence-electron chi connectivity index (χ1n) is 12.8. The fourth-order valence-corrected chi connectivity index (χ4v) is 5.08. The zero-order valence-electron chi connectivity index (χ0n) is 21.3. The molecule has 3 heterocycles. The van der Waals surface area contributed by atoms with Gasteiger partial charge in [-0.15, -0.1) is 5.10 Å². The SMILES string of the molecule is CC[C@H](c1nnnn1C[C@H]1CCCO1)N(Cc1ccc(C)cc1)Cc1cc2cc(C)ccc2[nH]c1=O. The fraction of sp³-hybridized carbons (Fsp3) is 0.429. The Kier molecular flexibility index (Phi) is 7.25. The van der Waals surface area contributed by atoms with Crippen LogP contribution in [0.5, 0.6) is 0 Å². The van der Waals surface area contributed by atoms with Gasteiger partial charge in [0.05, 0.1) is 18.7 Å². The fourth-order valence-electron chi connectivity index (χ4n) is 5.08. The van der Waals surface area contributed by atoms with Crippen LogP contribution in [0.4, 0.5) is 0 Å². The molecule has 2 aromatic carbocycles. The molecular weight excluding hydrogens is 452 g/mol. The number of nitrogens with one attached hydrogen (secondary N) is 1. The Labute approximate surface area is 211 Å². The number of rotatable bonds is 9. The first-order chi connectivity index (χ1) is 17.5. The van der Waals surface area contributed by atoms with Crippen molar-refractivity contribution in [3.8, 4) is 0 Å². The van der Waals surface area contributed by atoms with Crippen LogP contribution in [0, 0.1) is 13.8 Å². The summed E-state index contributed by atoms with van der Waals surface area (Å²) in [6.45, 7) is 8.90. The van der Waals surface area contributed by atoms with Crippen LogP contribution in [0.15, 0.2) is 53.3 Å². The minimum Gasteiger partial charge on any atom is -0.376 e. The van der Waals surface area contributed by atoms with E-state index in [2.05, 4.69) is 76.5 Å². The standard InChI is InChI=1S/C28H34N6O2/c1-4-26(27-30-31-32-34(27)18-24-6-5-13-36-24)33(16-21-10-7-19(2)8-11-21)17-23-15-22-14-20(3)9-12-25(22)29-28(23)35/h7-12,14-15,24,26H,4-6,13,16-18H2,1-3H3,(H,29,35)/t24-,26-/m1/s1. The van der Waals surface area contributed by atoms with Gasteiger partial charge < -0.3 is 9.72 Å². The van der Waals surface area contributed by atoms with E-state index in [9.17, 15) is 4.79 Å². The molecule has 8 nitrogen and oxygen atoms in total. The van der Waals surface area contributed by atoms with Crippen molar-refractivity contribution in [3.63, 3.8) is 0 Å². The van der Waals surface area contributed by atoms with Gasteiger partial charge >= 0.3 is 0 Å². The zero-order chi connectivity index (χ0) is 25.1. The van der Waals surface area contributed by atoms with E-state index in [1.165, 1.54) is 11.1 Å². The van der Waals surface area contributed by atoms with Crippen LogP contribution in [0.1, 0.15) is 60.3 Å². The molecule has 8 heteroatoms. The van der Waals surface area contributed by atoms with Crippen LogP contribution in [0.3, 0.4) is 0 Å². The number of fused-ring (bicyclic) bond motifs is 1. The number of H-pyrrole nitrogens is 1. The Bertz CT molecular complexity index is 1370. The first-order valence-corrected chi connectivity index (χ1v) is 12.8. The molecule has 0 unspecified atom stereocenters. The Balaban J connectivity index is 1.50.